The molecule has 26 heavy (non-hydrogen) atoms. The van der Waals surface area contributed by atoms with Crippen LogP contribution in [0.4, 0.5) is 9.18 Å². The van der Waals surface area contributed by atoms with E-state index in [4.69, 9.17) is 9.84 Å². The molecule has 134 valence electrons. The average Bonchev–Trinajstić information content (AvgIpc) is 3.18. The molecule has 1 amide bonds. The van der Waals surface area contributed by atoms with Gasteiger partial charge in [-0.25, -0.2) is 14.0 Å². The van der Waals surface area contributed by atoms with Gasteiger partial charge in [0.15, 0.2) is 6.04 Å². The Bertz CT molecular complexity index is 823. The van der Waals surface area contributed by atoms with Crippen LogP contribution in [0.25, 0.3) is 11.1 Å². The molecule has 2 aromatic rings. The Hall–Kier alpha value is -2.89. The summed E-state index contributed by atoms with van der Waals surface area (Å²) in [5, 5.41) is 9.15. The zero-order chi connectivity index (χ0) is 18.3. The number of carboxylic acid groups (broad SMARTS) is 1. The van der Waals surface area contributed by atoms with Crippen LogP contribution in [-0.2, 0) is 9.53 Å². The van der Waals surface area contributed by atoms with Gasteiger partial charge in [0, 0.05) is 12.5 Å². The third-order valence-corrected chi connectivity index (χ3v) is 5.15. The highest BCUT2D eigenvalue weighted by Gasteiger charge is 2.43. The molecule has 0 bridgehead atoms. The number of amides is 1. The topological polar surface area (TPSA) is 66.8 Å². The van der Waals surface area contributed by atoms with Crippen LogP contribution in [0.5, 0.6) is 0 Å². The van der Waals surface area contributed by atoms with Crippen molar-refractivity contribution in [3.05, 3.63) is 59.7 Å². The summed E-state index contributed by atoms with van der Waals surface area (Å²) in [6.07, 6.45) is -2.33. The van der Waals surface area contributed by atoms with Crippen LogP contribution in [0.2, 0.25) is 0 Å². The van der Waals surface area contributed by atoms with Crippen molar-refractivity contribution in [1.29, 1.82) is 0 Å². The molecule has 1 aliphatic heterocycles. The standard InChI is InChI=1S/C20H18FNO4/c21-17-9-10-22(18(17)19(23)24)20(25)26-11-16-14-7-3-1-5-12(14)13-6-2-4-8-15(13)16/h1-8,16-18H,9-11H2,(H,23,24). The Labute approximate surface area is 150 Å². The molecule has 1 fully saturated rings. The minimum Gasteiger partial charge on any atom is -0.480 e. The molecule has 2 aromatic carbocycles. The maximum atomic E-state index is 13.8. The molecule has 6 heteroatoms. The van der Waals surface area contributed by atoms with E-state index in [-0.39, 0.29) is 25.5 Å². The van der Waals surface area contributed by atoms with E-state index in [9.17, 15) is 14.0 Å². The van der Waals surface area contributed by atoms with Gasteiger partial charge in [0.05, 0.1) is 0 Å². The summed E-state index contributed by atoms with van der Waals surface area (Å²) in [7, 11) is 0. The van der Waals surface area contributed by atoms with Crippen molar-refractivity contribution in [2.75, 3.05) is 13.2 Å². The van der Waals surface area contributed by atoms with E-state index in [1.54, 1.807) is 0 Å². The van der Waals surface area contributed by atoms with E-state index in [2.05, 4.69) is 0 Å². The van der Waals surface area contributed by atoms with Crippen molar-refractivity contribution in [3.8, 4) is 11.1 Å². The Morgan fingerprint density at radius 3 is 2.23 bits per heavy atom. The second-order valence-electron chi connectivity index (χ2n) is 6.59. The van der Waals surface area contributed by atoms with Gasteiger partial charge in [0.2, 0.25) is 0 Å². The van der Waals surface area contributed by atoms with Crippen LogP contribution in [0, 0.1) is 0 Å². The van der Waals surface area contributed by atoms with Crippen LogP contribution >= 0.6 is 0 Å². The number of benzene rings is 2. The van der Waals surface area contributed by atoms with Gasteiger partial charge in [0.25, 0.3) is 0 Å². The summed E-state index contributed by atoms with van der Waals surface area (Å²) < 4.78 is 19.2. The van der Waals surface area contributed by atoms with Gasteiger partial charge in [-0.1, -0.05) is 48.5 Å². The number of carbonyl (C=O) groups excluding carboxylic acids is 1. The lowest BCUT2D eigenvalue weighted by Gasteiger charge is -2.23. The lowest BCUT2D eigenvalue weighted by atomic mass is 9.98. The van der Waals surface area contributed by atoms with E-state index in [1.165, 1.54) is 0 Å². The van der Waals surface area contributed by atoms with Crippen molar-refractivity contribution in [2.45, 2.75) is 24.6 Å². The first-order chi connectivity index (χ1) is 12.6. The quantitative estimate of drug-likeness (QED) is 0.916. The summed E-state index contributed by atoms with van der Waals surface area (Å²) in [5.74, 6) is -1.46. The third kappa shape index (κ3) is 2.62. The fourth-order valence-electron chi connectivity index (χ4n) is 3.92. The van der Waals surface area contributed by atoms with Crippen molar-refractivity contribution in [3.63, 3.8) is 0 Å². The summed E-state index contributed by atoms with van der Waals surface area (Å²) in [4.78, 5) is 24.6. The number of rotatable bonds is 3. The van der Waals surface area contributed by atoms with Crippen molar-refractivity contribution in [2.24, 2.45) is 0 Å². The molecule has 0 radical (unpaired) electrons. The molecule has 4 rings (SSSR count). The maximum absolute atomic E-state index is 13.8. The summed E-state index contributed by atoms with van der Waals surface area (Å²) in [5.41, 5.74) is 4.36. The highest BCUT2D eigenvalue weighted by molar-refractivity contribution is 5.82. The molecular weight excluding hydrogens is 337 g/mol. The molecule has 1 saturated heterocycles. The van der Waals surface area contributed by atoms with Gasteiger partial charge in [-0.05, 0) is 28.7 Å². The number of carbonyl (C=O) groups is 2. The zero-order valence-corrected chi connectivity index (χ0v) is 14.0. The maximum Gasteiger partial charge on any atom is 0.410 e. The van der Waals surface area contributed by atoms with E-state index < -0.39 is 24.3 Å². The fraction of sp³-hybridized carbons (Fsp3) is 0.300. The molecule has 0 spiro atoms. The summed E-state index contributed by atoms with van der Waals surface area (Å²) in [6, 6.07) is 14.4. The number of nitrogens with zero attached hydrogens (tertiary/aromatic N) is 1. The number of fused-ring (bicyclic) bond motifs is 3. The molecule has 0 aromatic heterocycles. The molecule has 1 heterocycles. The number of hydrogen-bond acceptors (Lipinski definition) is 3. The van der Waals surface area contributed by atoms with Crippen LogP contribution in [0.1, 0.15) is 23.5 Å². The minimum absolute atomic E-state index is 0.0150. The van der Waals surface area contributed by atoms with Gasteiger partial charge in [0.1, 0.15) is 12.8 Å². The van der Waals surface area contributed by atoms with E-state index in [0.29, 0.717) is 0 Å². The number of ether oxygens (including phenoxy) is 1. The summed E-state index contributed by atoms with van der Waals surface area (Å²) >= 11 is 0. The van der Waals surface area contributed by atoms with Gasteiger partial charge >= 0.3 is 12.1 Å². The Morgan fingerprint density at radius 1 is 1.08 bits per heavy atom. The van der Waals surface area contributed by atoms with Crippen molar-refractivity contribution >= 4 is 12.1 Å². The average molecular weight is 355 g/mol. The Balaban J connectivity index is 1.53. The predicted octanol–water partition coefficient (Wildman–Crippen LogP) is 3.43. The molecule has 2 atom stereocenters. The smallest absolute Gasteiger partial charge is 0.410 e. The van der Waals surface area contributed by atoms with Crippen LogP contribution in [0.15, 0.2) is 48.5 Å². The number of likely N-dealkylation sites (tertiary alicyclic amines) is 1. The molecule has 0 saturated carbocycles. The first kappa shape index (κ1) is 16.6. The van der Waals surface area contributed by atoms with E-state index >= 15 is 0 Å². The monoisotopic (exact) mass is 355 g/mol. The summed E-state index contributed by atoms with van der Waals surface area (Å²) in [6.45, 7) is 0.140. The number of aliphatic carboxylic acids is 1. The predicted molar refractivity (Wildman–Crippen MR) is 92.7 cm³/mol. The van der Waals surface area contributed by atoms with Crippen molar-refractivity contribution in [1.82, 2.24) is 4.90 Å². The van der Waals surface area contributed by atoms with Crippen molar-refractivity contribution < 1.29 is 23.8 Å². The molecule has 5 nitrogen and oxygen atoms in total. The SMILES string of the molecule is O=C(O)C1C(F)CCN1C(=O)OCC1c2ccccc2-c2ccccc21. The highest BCUT2D eigenvalue weighted by atomic mass is 19.1. The van der Waals surface area contributed by atoms with Crippen LogP contribution in [-0.4, -0.2) is 47.4 Å². The molecular formula is C20H18FNO4. The lowest BCUT2D eigenvalue weighted by Crippen LogP contribution is -2.44. The molecule has 1 N–H and O–H groups in total. The van der Waals surface area contributed by atoms with Gasteiger partial charge in [-0.2, -0.15) is 0 Å². The first-order valence-corrected chi connectivity index (χ1v) is 8.56. The minimum atomic E-state index is -1.56. The number of carboxylic acids is 1. The van der Waals surface area contributed by atoms with Crippen LogP contribution < -0.4 is 0 Å². The van der Waals surface area contributed by atoms with Crippen LogP contribution in [0.3, 0.4) is 0 Å². The normalized spacial score (nSPS) is 21.3. The van der Waals surface area contributed by atoms with Gasteiger partial charge in [-0.15, -0.1) is 0 Å². The molecule has 1 aliphatic carbocycles. The third-order valence-electron chi connectivity index (χ3n) is 5.15. The first-order valence-electron chi connectivity index (χ1n) is 8.56. The van der Waals surface area contributed by atoms with E-state index in [1.807, 2.05) is 48.5 Å². The van der Waals surface area contributed by atoms with Gasteiger partial charge in [-0.3, -0.25) is 4.90 Å². The molecule has 2 unspecified atom stereocenters. The number of halogens is 1. The Morgan fingerprint density at radius 2 is 1.65 bits per heavy atom. The molecule has 2 aliphatic rings. The Kier molecular flexibility index (Phi) is 4.11. The lowest BCUT2D eigenvalue weighted by molar-refractivity contribution is -0.143. The second-order valence-corrected chi connectivity index (χ2v) is 6.59. The second kappa shape index (κ2) is 6.44. The highest BCUT2D eigenvalue weighted by Crippen LogP contribution is 2.44. The van der Waals surface area contributed by atoms with E-state index in [0.717, 1.165) is 27.2 Å². The number of alkyl halides is 1. The largest absolute Gasteiger partial charge is 0.480 e. The fourth-order valence-corrected chi connectivity index (χ4v) is 3.92. The van der Waals surface area contributed by atoms with Gasteiger partial charge < -0.3 is 9.84 Å². The number of hydrogen-bond donors (Lipinski definition) is 1. The zero-order valence-electron chi connectivity index (χ0n) is 14.0.